The average Bonchev–Trinajstić information content (AvgIpc) is 2.61. The third-order valence-electron chi connectivity index (χ3n) is 4.85. The molecule has 1 fully saturated rings. The van der Waals surface area contributed by atoms with Crippen LogP contribution >= 0.6 is 11.6 Å². The van der Waals surface area contributed by atoms with Crippen molar-refractivity contribution in [3.05, 3.63) is 64.6 Å². The summed E-state index contributed by atoms with van der Waals surface area (Å²) < 4.78 is 41.9. The molecule has 1 amide bonds. The summed E-state index contributed by atoms with van der Waals surface area (Å²) in [6, 6.07) is 5.88. The van der Waals surface area contributed by atoms with E-state index in [0.29, 0.717) is 35.9 Å². The van der Waals surface area contributed by atoms with Gasteiger partial charge in [-0.15, -0.1) is 0 Å². The summed E-state index contributed by atoms with van der Waals surface area (Å²) in [7, 11) is 0. The lowest BCUT2D eigenvalue weighted by Gasteiger charge is -2.33. The number of hydrogen-bond acceptors (Lipinski definition) is 3. The maximum atomic E-state index is 14.3. The molecule has 1 heterocycles. The number of nitrogens with zero attached hydrogens (tertiary/aromatic N) is 1. The van der Waals surface area contributed by atoms with E-state index in [1.807, 2.05) is 0 Å². The molecule has 3 aromatic rings. The first-order valence-corrected chi connectivity index (χ1v) is 9.01. The van der Waals surface area contributed by atoms with E-state index in [9.17, 15) is 18.0 Å². The molecule has 28 heavy (non-hydrogen) atoms. The van der Waals surface area contributed by atoms with E-state index >= 15 is 0 Å². The molecule has 0 bridgehead atoms. The van der Waals surface area contributed by atoms with Crippen molar-refractivity contribution >= 4 is 28.3 Å². The van der Waals surface area contributed by atoms with E-state index in [4.69, 9.17) is 17.3 Å². The van der Waals surface area contributed by atoms with E-state index in [-0.39, 0.29) is 34.1 Å². The van der Waals surface area contributed by atoms with E-state index < -0.39 is 23.0 Å². The fourth-order valence-electron chi connectivity index (χ4n) is 3.37. The number of rotatable bonds is 3. The second-order valence-corrected chi connectivity index (χ2v) is 7.27. The molecule has 8 heteroatoms. The number of carbonyl (C=O) groups is 1. The van der Waals surface area contributed by atoms with Crippen molar-refractivity contribution in [2.45, 2.75) is 24.9 Å². The minimum Gasteiger partial charge on any atom is -0.349 e. The highest BCUT2D eigenvalue weighted by atomic mass is 35.5. The van der Waals surface area contributed by atoms with Gasteiger partial charge in [-0.05, 0) is 25.0 Å². The van der Waals surface area contributed by atoms with E-state index in [1.165, 1.54) is 12.3 Å². The third-order valence-corrected chi connectivity index (χ3v) is 5.16. The lowest BCUT2D eigenvalue weighted by Crippen LogP contribution is -2.50. The molecule has 0 aliphatic heterocycles. The molecule has 4 rings (SSSR count). The molecule has 1 aliphatic carbocycles. The average molecular weight is 406 g/mol. The Morgan fingerprint density at radius 3 is 2.43 bits per heavy atom. The van der Waals surface area contributed by atoms with Gasteiger partial charge in [0.1, 0.15) is 17.5 Å². The van der Waals surface area contributed by atoms with Crippen LogP contribution in [0.3, 0.4) is 0 Å². The van der Waals surface area contributed by atoms with Crippen LogP contribution in [0.4, 0.5) is 13.2 Å². The monoisotopic (exact) mass is 405 g/mol. The third kappa shape index (κ3) is 3.31. The lowest BCUT2D eigenvalue weighted by molar-refractivity contribution is 0.0910. The Labute approximate surface area is 163 Å². The first-order chi connectivity index (χ1) is 13.3. The minimum atomic E-state index is -1.09. The van der Waals surface area contributed by atoms with Crippen molar-refractivity contribution in [3.63, 3.8) is 0 Å². The number of benzene rings is 2. The molecule has 0 unspecified atom stereocenters. The second kappa shape index (κ2) is 7.07. The van der Waals surface area contributed by atoms with Crippen LogP contribution in [0.5, 0.6) is 0 Å². The van der Waals surface area contributed by atoms with E-state index in [2.05, 4.69) is 10.3 Å². The van der Waals surface area contributed by atoms with Crippen LogP contribution in [0.2, 0.25) is 5.02 Å². The highest BCUT2D eigenvalue weighted by Gasteiger charge is 2.27. The molecular weight excluding hydrogens is 391 g/mol. The first kappa shape index (κ1) is 18.7. The number of fused-ring (bicyclic) bond motifs is 1. The zero-order valence-electron chi connectivity index (χ0n) is 14.5. The zero-order chi connectivity index (χ0) is 20.0. The maximum absolute atomic E-state index is 14.3. The topological polar surface area (TPSA) is 68.0 Å². The molecule has 3 N–H and O–H groups in total. The Kier molecular flexibility index (Phi) is 4.72. The van der Waals surface area contributed by atoms with Gasteiger partial charge in [-0.2, -0.15) is 0 Å². The number of nitrogens with two attached hydrogens (primary N) is 1. The van der Waals surface area contributed by atoms with Crippen LogP contribution in [-0.4, -0.2) is 23.0 Å². The Hall–Kier alpha value is -2.64. The molecule has 0 saturated heterocycles. The molecule has 1 aliphatic rings. The van der Waals surface area contributed by atoms with Gasteiger partial charge in [0.2, 0.25) is 0 Å². The molecule has 2 aromatic carbocycles. The summed E-state index contributed by atoms with van der Waals surface area (Å²) in [4.78, 5) is 16.6. The fraction of sp³-hybridized carbons (Fsp3) is 0.200. The first-order valence-electron chi connectivity index (χ1n) is 8.63. The predicted molar refractivity (Wildman–Crippen MR) is 101 cm³/mol. The van der Waals surface area contributed by atoms with Crippen molar-refractivity contribution in [2.75, 3.05) is 0 Å². The molecule has 0 radical (unpaired) electrons. The smallest absolute Gasteiger partial charge is 0.251 e. The van der Waals surface area contributed by atoms with Gasteiger partial charge in [0.15, 0.2) is 0 Å². The second-order valence-electron chi connectivity index (χ2n) is 6.86. The van der Waals surface area contributed by atoms with Gasteiger partial charge in [0.25, 0.3) is 5.91 Å². The van der Waals surface area contributed by atoms with Gasteiger partial charge >= 0.3 is 0 Å². The predicted octanol–water partition coefficient (Wildman–Crippen LogP) is 4.19. The molecule has 1 saturated carbocycles. The fourth-order valence-corrected chi connectivity index (χ4v) is 3.58. The van der Waals surface area contributed by atoms with Gasteiger partial charge in [-0.3, -0.25) is 9.78 Å². The molecular formula is C20H15ClF3N3O. The molecule has 0 atom stereocenters. The molecule has 144 valence electrons. The Morgan fingerprint density at radius 2 is 1.79 bits per heavy atom. The number of halogens is 4. The summed E-state index contributed by atoms with van der Waals surface area (Å²) >= 11 is 6.16. The molecule has 4 nitrogen and oxygen atoms in total. The van der Waals surface area contributed by atoms with Crippen LogP contribution in [-0.2, 0) is 0 Å². The van der Waals surface area contributed by atoms with Crippen LogP contribution in [0.15, 0.2) is 36.5 Å². The molecule has 0 spiro atoms. The highest BCUT2D eigenvalue weighted by molar-refractivity contribution is 6.35. The lowest BCUT2D eigenvalue weighted by atomic mass is 9.87. The number of nitrogens with one attached hydrogen (secondary N) is 1. The number of aromatic nitrogens is 1. The number of hydrogen-bond donors (Lipinski definition) is 2. The summed E-state index contributed by atoms with van der Waals surface area (Å²) in [6.07, 6.45) is 2.66. The van der Waals surface area contributed by atoms with Crippen LogP contribution < -0.4 is 11.1 Å². The minimum absolute atomic E-state index is 0.00198. The Bertz CT molecular complexity index is 1080. The largest absolute Gasteiger partial charge is 0.349 e. The van der Waals surface area contributed by atoms with Crippen molar-refractivity contribution in [1.82, 2.24) is 10.3 Å². The standard InChI is InChI=1S/C20H15ClF3N3O/c21-15-8-26-19(18-16(23)4-10(22)5-17(18)24)14-3-9(1-2-13(14)15)20(28)27-12-6-11(25)7-12/h1-5,8,11-12H,6-7,25H2,(H,27,28). The van der Waals surface area contributed by atoms with Crippen LogP contribution in [0.25, 0.3) is 22.0 Å². The van der Waals surface area contributed by atoms with Gasteiger partial charge in [0, 0.05) is 46.7 Å². The van der Waals surface area contributed by atoms with Crippen molar-refractivity contribution < 1.29 is 18.0 Å². The number of carbonyl (C=O) groups excluding carboxylic acids is 1. The zero-order valence-corrected chi connectivity index (χ0v) is 15.2. The van der Waals surface area contributed by atoms with Gasteiger partial charge in [-0.1, -0.05) is 17.7 Å². The Balaban J connectivity index is 1.82. The van der Waals surface area contributed by atoms with E-state index in [1.54, 1.807) is 12.1 Å². The van der Waals surface area contributed by atoms with Crippen molar-refractivity contribution in [1.29, 1.82) is 0 Å². The number of amides is 1. The SMILES string of the molecule is NC1CC(NC(=O)c2ccc3c(Cl)cnc(-c4c(F)cc(F)cc4F)c3c2)C1. The van der Waals surface area contributed by atoms with Gasteiger partial charge in [-0.25, -0.2) is 13.2 Å². The maximum Gasteiger partial charge on any atom is 0.251 e. The summed E-state index contributed by atoms with van der Waals surface area (Å²) in [6.45, 7) is 0. The van der Waals surface area contributed by atoms with E-state index in [0.717, 1.165) is 0 Å². The summed E-state index contributed by atoms with van der Waals surface area (Å²) in [5, 5.41) is 3.88. The van der Waals surface area contributed by atoms with Gasteiger partial charge in [0.05, 0.1) is 16.3 Å². The Morgan fingerprint density at radius 1 is 1.11 bits per heavy atom. The quantitative estimate of drug-likeness (QED) is 0.686. The van der Waals surface area contributed by atoms with Crippen molar-refractivity contribution in [2.24, 2.45) is 5.73 Å². The summed E-state index contributed by atoms with van der Waals surface area (Å²) in [5.74, 6) is -3.54. The highest BCUT2D eigenvalue weighted by Crippen LogP contribution is 2.35. The van der Waals surface area contributed by atoms with Gasteiger partial charge < -0.3 is 11.1 Å². The van der Waals surface area contributed by atoms with Crippen LogP contribution in [0, 0.1) is 17.5 Å². The summed E-state index contributed by atoms with van der Waals surface area (Å²) in [5.41, 5.74) is 5.48. The normalized spacial score (nSPS) is 18.8. The van der Waals surface area contributed by atoms with Crippen LogP contribution in [0.1, 0.15) is 23.2 Å². The number of pyridine rings is 1. The van der Waals surface area contributed by atoms with Crippen molar-refractivity contribution in [3.8, 4) is 11.3 Å². The molecule has 1 aromatic heterocycles.